The van der Waals surface area contributed by atoms with Crippen LogP contribution in [0.5, 0.6) is 0 Å². The number of hydrogen-bond donors (Lipinski definition) is 2. The van der Waals surface area contributed by atoms with Crippen LogP contribution in [0.3, 0.4) is 0 Å². The van der Waals surface area contributed by atoms with Gasteiger partial charge in [0, 0.05) is 15.6 Å². The Morgan fingerprint density at radius 1 is 1.12 bits per heavy atom. The third kappa shape index (κ3) is 3.25. The summed E-state index contributed by atoms with van der Waals surface area (Å²) in [5.74, 6) is 0.359. The lowest BCUT2D eigenvalue weighted by atomic mass is 10.1. The van der Waals surface area contributed by atoms with Crippen molar-refractivity contribution in [3.8, 4) is 11.3 Å². The maximum Gasteiger partial charge on any atom is 0.291 e. The topological polar surface area (TPSA) is 68.3 Å². The van der Waals surface area contributed by atoms with Gasteiger partial charge < -0.3 is 15.5 Å². The highest BCUT2D eigenvalue weighted by Gasteiger charge is 2.15. The summed E-state index contributed by atoms with van der Waals surface area (Å²) in [5, 5.41) is 3.85. The second-order valence-electron chi connectivity index (χ2n) is 5.26. The summed E-state index contributed by atoms with van der Waals surface area (Å²) in [6.07, 6.45) is 0. The molecule has 0 unspecified atom stereocenters. The van der Waals surface area contributed by atoms with Gasteiger partial charge in [0.15, 0.2) is 5.76 Å². The molecule has 2 aromatic carbocycles. The molecule has 0 atom stereocenters. The van der Waals surface area contributed by atoms with Gasteiger partial charge in [-0.2, -0.15) is 0 Å². The molecule has 1 amide bonds. The van der Waals surface area contributed by atoms with Gasteiger partial charge >= 0.3 is 0 Å². The van der Waals surface area contributed by atoms with E-state index in [2.05, 4.69) is 5.32 Å². The number of nitrogens with one attached hydrogen (secondary N) is 1. The van der Waals surface area contributed by atoms with E-state index < -0.39 is 5.91 Å². The van der Waals surface area contributed by atoms with Crippen LogP contribution in [0.4, 0.5) is 11.4 Å². The average molecular weight is 361 g/mol. The first-order valence-corrected chi connectivity index (χ1v) is 7.93. The molecule has 1 heterocycles. The Hall–Kier alpha value is -2.43. The minimum absolute atomic E-state index is 0.179. The molecule has 24 heavy (non-hydrogen) atoms. The molecule has 6 heteroatoms. The van der Waals surface area contributed by atoms with Crippen LogP contribution in [0.1, 0.15) is 16.1 Å². The van der Waals surface area contributed by atoms with E-state index >= 15 is 0 Å². The number of anilines is 2. The van der Waals surface area contributed by atoms with E-state index in [1.807, 2.05) is 19.1 Å². The zero-order valence-corrected chi connectivity index (χ0v) is 14.3. The van der Waals surface area contributed by atoms with E-state index in [-0.39, 0.29) is 5.76 Å². The first-order valence-electron chi connectivity index (χ1n) is 7.17. The number of nitrogens with two attached hydrogens (primary N) is 1. The number of carbonyl (C=O) groups excluding carboxylic acids is 1. The second-order valence-corrected chi connectivity index (χ2v) is 6.11. The maximum atomic E-state index is 12.3. The number of furan rings is 1. The van der Waals surface area contributed by atoms with Crippen LogP contribution in [0, 0.1) is 6.92 Å². The van der Waals surface area contributed by atoms with E-state index in [4.69, 9.17) is 33.4 Å². The summed E-state index contributed by atoms with van der Waals surface area (Å²) in [5.41, 5.74) is 8.42. The largest absolute Gasteiger partial charge is 0.451 e. The Labute approximate surface area is 149 Å². The number of hydrogen-bond acceptors (Lipinski definition) is 3. The van der Waals surface area contributed by atoms with Gasteiger partial charge in [0.25, 0.3) is 5.91 Å². The van der Waals surface area contributed by atoms with Gasteiger partial charge in [0.1, 0.15) is 5.76 Å². The van der Waals surface area contributed by atoms with Crippen molar-refractivity contribution >= 4 is 40.5 Å². The highest BCUT2D eigenvalue weighted by Crippen LogP contribution is 2.30. The monoisotopic (exact) mass is 360 g/mol. The van der Waals surface area contributed by atoms with Crippen LogP contribution >= 0.6 is 23.2 Å². The molecule has 0 spiro atoms. The fraction of sp³-hybridized carbons (Fsp3) is 0.0556. The van der Waals surface area contributed by atoms with Gasteiger partial charge in [-0.25, -0.2) is 0 Å². The number of carbonyl (C=O) groups is 1. The zero-order chi connectivity index (χ0) is 17.3. The summed E-state index contributed by atoms with van der Waals surface area (Å²) in [7, 11) is 0. The molecule has 1 aromatic heterocycles. The molecule has 0 aliphatic rings. The van der Waals surface area contributed by atoms with Gasteiger partial charge in [-0.05, 0) is 48.9 Å². The summed E-state index contributed by atoms with van der Waals surface area (Å²) < 4.78 is 5.67. The number of amides is 1. The van der Waals surface area contributed by atoms with E-state index in [9.17, 15) is 4.79 Å². The molecule has 3 N–H and O–H groups in total. The predicted molar refractivity (Wildman–Crippen MR) is 97.7 cm³/mol. The van der Waals surface area contributed by atoms with Gasteiger partial charge in [-0.1, -0.05) is 35.3 Å². The molecule has 0 radical (unpaired) electrons. The summed E-state index contributed by atoms with van der Waals surface area (Å²) >= 11 is 12.0. The Bertz CT molecular complexity index is 919. The quantitative estimate of drug-likeness (QED) is 0.614. The van der Waals surface area contributed by atoms with Crippen LogP contribution in [0.2, 0.25) is 10.0 Å². The Balaban J connectivity index is 1.85. The van der Waals surface area contributed by atoms with Crippen molar-refractivity contribution in [2.75, 3.05) is 11.1 Å². The first kappa shape index (κ1) is 16.4. The number of nitrogen functional groups attached to an aromatic ring is 1. The van der Waals surface area contributed by atoms with Gasteiger partial charge in [0.05, 0.1) is 11.4 Å². The van der Waals surface area contributed by atoms with Crippen LogP contribution in [-0.2, 0) is 0 Å². The van der Waals surface area contributed by atoms with Gasteiger partial charge in [0.2, 0.25) is 0 Å². The minimum atomic E-state index is -0.394. The minimum Gasteiger partial charge on any atom is -0.451 e. The second kappa shape index (κ2) is 6.59. The number of rotatable bonds is 3. The van der Waals surface area contributed by atoms with Crippen molar-refractivity contribution in [2.24, 2.45) is 0 Å². The van der Waals surface area contributed by atoms with Crippen molar-refractivity contribution in [2.45, 2.75) is 6.92 Å². The molecule has 0 fully saturated rings. The molecular weight excluding hydrogens is 347 g/mol. The van der Waals surface area contributed by atoms with E-state index in [1.54, 1.807) is 36.4 Å². The first-order chi connectivity index (χ1) is 11.5. The van der Waals surface area contributed by atoms with Crippen LogP contribution in [-0.4, -0.2) is 5.91 Å². The molecule has 3 aromatic rings. The highest BCUT2D eigenvalue weighted by molar-refractivity contribution is 6.31. The number of benzene rings is 2. The molecule has 0 saturated heterocycles. The summed E-state index contributed by atoms with van der Waals surface area (Å²) in [6.45, 7) is 1.90. The van der Waals surface area contributed by atoms with Crippen molar-refractivity contribution in [3.63, 3.8) is 0 Å². The van der Waals surface area contributed by atoms with Crippen LogP contribution in [0.25, 0.3) is 11.3 Å². The summed E-state index contributed by atoms with van der Waals surface area (Å²) in [4.78, 5) is 12.3. The maximum absolute atomic E-state index is 12.3. The van der Waals surface area contributed by atoms with Crippen LogP contribution < -0.4 is 11.1 Å². The number of halogens is 2. The Morgan fingerprint density at radius 3 is 2.67 bits per heavy atom. The fourth-order valence-corrected chi connectivity index (χ4v) is 2.67. The van der Waals surface area contributed by atoms with Crippen molar-refractivity contribution in [3.05, 3.63) is 69.9 Å². The average Bonchev–Trinajstić information content (AvgIpc) is 3.02. The van der Waals surface area contributed by atoms with Crippen molar-refractivity contribution in [1.82, 2.24) is 0 Å². The molecule has 4 nitrogen and oxygen atoms in total. The van der Waals surface area contributed by atoms with Crippen LogP contribution in [0.15, 0.2) is 52.9 Å². The molecule has 0 aliphatic heterocycles. The third-order valence-electron chi connectivity index (χ3n) is 3.62. The molecule has 122 valence electrons. The normalized spacial score (nSPS) is 10.6. The molecule has 3 rings (SSSR count). The van der Waals surface area contributed by atoms with Crippen molar-refractivity contribution in [1.29, 1.82) is 0 Å². The Morgan fingerprint density at radius 2 is 1.92 bits per heavy atom. The lowest BCUT2D eigenvalue weighted by Crippen LogP contribution is -2.12. The predicted octanol–water partition coefficient (Wildman–Crippen LogP) is 5.40. The molecule has 0 saturated carbocycles. The molecule has 0 aliphatic carbocycles. The zero-order valence-electron chi connectivity index (χ0n) is 12.8. The smallest absolute Gasteiger partial charge is 0.291 e. The van der Waals surface area contributed by atoms with Gasteiger partial charge in [-0.3, -0.25) is 4.79 Å². The summed E-state index contributed by atoms with van der Waals surface area (Å²) in [6, 6.07) is 13.7. The highest BCUT2D eigenvalue weighted by atomic mass is 35.5. The fourth-order valence-electron chi connectivity index (χ4n) is 2.31. The molecule has 0 bridgehead atoms. The lowest BCUT2D eigenvalue weighted by Gasteiger charge is -2.07. The lowest BCUT2D eigenvalue weighted by molar-refractivity contribution is 0.0997. The van der Waals surface area contributed by atoms with E-state index in [0.717, 1.165) is 11.1 Å². The van der Waals surface area contributed by atoms with Gasteiger partial charge in [-0.15, -0.1) is 0 Å². The third-order valence-corrected chi connectivity index (χ3v) is 4.27. The standard InChI is InChI=1S/C18H14Cl2N2O2/c1-10-12(3-2-4-13(10)20)16-7-8-17(24-16)18(23)22-15-6-5-11(19)9-14(15)21/h2-9H,21H2,1H3,(H,22,23). The van der Waals surface area contributed by atoms with E-state index in [1.165, 1.54) is 0 Å². The molecular formula is C18H14Cl2N2O2. The SMILES string of the molecule is Cc1c(Cl)cccc1-c1ccc(C(=O)Nc2ccc(Cl)cc2N)o1. The Kier molecular flexibility index (Phi) is 4.51. The van der Waals surface area contributed by atoms with Crippen molar-refractivity contribution < 1.29 is 9.21 Å². The van der Waals surface area contributed by atoms with E-state index in [0.29, 0.717) is 27.2 Å².